The molecular weight excluding hydrogens is 414 g/mol. The molecule has 2 aromatic carbocycles. The molecule has 2 heterocycles. The van der Waals surface area contributed by atoms with E-state index in [1.807, 2.05) is 30.5 Å². The van der Waals surface area contributed by atoms with Crippen LogP contribution in [0.5, 0.6) is 0 Å². The Morgan fingerprint density at radius 1 is 1.10 bits per heavy atom. The molecule has 3 N–H and O–H groups in total. The van der Waals surface area contributed by atoms with Gasteiger partial charge in [-0.1, -0.05) is 24.3 Å². The number of carbonyl (C=O) groups is 1. The molecular formula is C23H23N3O4S. The van der Waals surface area contributed by atoms with E-state index >= 15 is 0 Å². The molecule has 0 atom stereocenters. The number of fused-ring (bicyclic) bond motifs is 1. The van der Waals surface area contributed by atoms with Crippen LogP contribution in [0.4, 0.5) is 0 Å². The van der Waals surface area contributed by atoms with E-state index in [0.29, 0.717) is 29.9 Å². The highest BCUT2D eigenvalue weighted by Gasteiger charge is 2.18. The maximum atomic E-state index is 12.7. The number of sulfonamides is 1. The number of aryl methyl sites for hydroxylation is 1. The first-order valence-electron chi connectivity index (χ1n) is 9.90. The van der Waals surface area contributed by atoms with Gasteiger partial charge in [0.1, 0.15) is 5.76 Å². The highest BCUT2D eigenvalue weighted by Crippen LogP contribution is 2.19. The summed E-state index contributed by atoms with van der Waals surface area (Å²) in [4.78, 5) is 16.0. The SMILES string of the molecule is Cc1ccc(S(=O)(=O)NCc2ccco2)cc1C(=O)NCCc1c[nH]c2ccccc12. The summed E-state index contributed by atoms with van der Waals surface area (Å²) in [5, 5.41) is 4.02. The fourth-order valence-corrected chi connectivity index (χ4v) is 4.44. The monoisotopic (exact) mass is 437 g/mol. The van der Waals surface area contributed by atoms with E-state index in [9.17, 15) is 13.2 Å². The molecule has 0 aliphatic rings. The summed E-state index contributed by atoms with van der Waals surface area (Å²) in [6.45, 7) is 2.25. The van der Waals surface area contributed by atoms with E-state index in [-0.39, 0.29) is 17.3 Å². The average molecular weight is 438 g/mol. The molecule has 2 aromatic heterocycles. The Bertz CT molecular complexity index is 1310. The van der Waals surface area contributed by atoms with Gasteiger partial charge < -0.3 is 14.7 Å². The average Bonchev–Trinajstić information content (AvgIpc) is 3.43. The second-order valence-corrected chi connectivity index (χ2v) is 9.01. The zero-order valence-corrected chi connectivity index (χ0v) is 17.8. The quantitative estimate of drug-likeness (QED) is 0.392. The van der Waals surface area contributed by atoms with Crippen molar-refractivity contribution in [2.24, 2.45) is 0 Å². The van der Waals surface area contributed by atoms with Crippen molar-refractivity contribution in [2.75, 3.05) is 6.54 Å². The van der Waals surface area contributed by atoms with Crippen molar-refractivity contribution < 1.29 is 17.6 Å². The van der Waals surface area contributed by atoms with Gasteiger partial charge in [-0.05, 0) is 54.8 Å². The van der Waals surface area contributed by atoms with Gasteiger partial charge in [0.15, 0.2) is 0 Å². The van der Waals surface area contributed by atoms with Gasteiger partial charge in [-0.25, -0.2) is 13.1 Å². The molecule has 0 saturated carbocycles. The molecule has 0 radical (unpaired) electrons. The summed E-state index contributed by atoms with van der Waals surface area (Å²) < 4.78 is 32.9. The number of H-pyrrole nitrogens is 1. The molecule has 31 heavy (non-hydrogen) atoms. The van der Waals surface area contributed by atoms with Gasteiger partial charge in [0, 0.05) is 29.2 Å². The first-order valence-corrected chi connectivity index (χ1v) is 11.4. The number of aromatic nitrogens is 1. The minimum Gasteiger partial charge on any atom is -0.468 e. The lowest BCUT2D eigenvalue weighted by molar-refractivity contribution is 0.0953. The number of hydrogen-bond donors (Lipinski definition) is 3. The van der Waals surface area contributed by atoms with Crippen LogP contribution in [0.2, 0.25) is 0 Å². The van der Waals surface area contributed by atoms with E-state index in [4.69, 9.17) is 4.42 Å². The van der Waals surface area contributed by atoms with Gasteiger partial charge in [-0.3, -0.25) is 4.79 Å². The van der Waals surface area contributed by atoms with Crippen LogP contribution in [-0.4, -0.2) is 25.9 Å². The molecule has 0 spiro atoms. The van der Waals surface area contributed by atoms with E-state index < -0.39 is 10.0 Å². The molecule has 7 nitrogen and oxygen atoms in total. The van der Waals surface area contributed by atoms with Crippen LogP contribution in [0.25, 0.3) is 10.9 Å². The number of hydrogen-bond acceptors (Lipinski definition) is 4. The summed E-state index contributed by atoms with van der Waals surface area (Å²) in [6, 6.07) is 15.9. The standard InChI is InChI=1S/C23H23N3O4S/c1-16-8-9-19(31(28,29)26-15-18-5-4-12-30-18)13-21(16)23(27)24-11-10-17-14-25-22-7-3-2-6-20(17)22/h2-9,12-14,25-26H,10-11,15H2,1H3,(H,24,27). The molecule has 0 aliphatic carbocycles. The minimum absolute atomic E-state index is 0.0337. The second kappa shape index (κ2) is 8.79. The smallest absolute Gasteiger partial charge is 0.251 e. The van der Waals surface area contributed by atoms with Crippen molar-refractivity contribution in [2.45, 2.75) is 24.8 Å². The Balaban J connectivity index is 1.43. The van der Waals surface area contributed by atoms with Crippen molar-refractivity contribution in [1.82, 2.24) is 15.0 Å². The van der Waals surface area contributed by atoms with Crippen molar-refractivity contribution in [3.63, 3.8) is 0 Å². The predicted octanol–water partition coefficient (Wildman–Crippen LogP) is 3.52. The van der Waals surface area contributed by atoms with Crippen LogP contribution in [0, 0.1) is 6.92 Å². The molecule has 8 heteroatoms. The van der Waals surface area contributed by atoms with E-state index in [0.717, 1.165) is 16.5 Å². The molecule has 1 amide bonds. The Hall–Kier alpha value is -3.36. The van der Waals surface area contributed by atoms with Gasteiger partial charge in [0.2, 0.25) is 10.0 Å². The van der Waals surface area contributed by atoms with Gasteiger partial charge in [-0.15, -0.1) is 0 Å². The van der Waals surface area contributed by atoms with Crippen LogP contribution in [0.1, 0.15) is 27.2 Å². The molecule has 0 saturated heterocycles. The van der Waals surface area contributed by atoms with Gasteiger partial charge >= 0.3 is 0 Å². The first-order chi connectivity index (χ1) is 14.9. The van der Waals surface area contributed by atoms with Crippen LogP contribution in [0.3, 0.4) is 0 Å². The second-order valence-electron chi connectivity index (χ2n) is 7.25. The fourth-order valence-electron chi connectivity index (χ4n) is 3.42. The predicted molar refractivity (Wildman–Crippen MR) is 118 cm³/mol. The summed E-state index contributed by atoms with van der Waals surface area (Å²) in [7, 11) is -3.78. The fraction of sp³-hybridized carbons (Fsp3) is 0.174. The summed E-state index contributed by atoms with van der Waals surface area (Å²) in [5.41, 5.74) is 3.21. The number of amides is 1. The topological polar surface area (TPSA) is 104 Å². The van der Waals surface area contributed by atoms with Crippen molar-refractivity contribution in [1.29, 1.82) is 0 Å². The summed E-state index contributed by atoms with van der Waals surface area (Å²) in [5.74, 6) is 0.200. The van der Waals surface area contributed by atoms with Crippen LogP contribution in [0.15, 0.2) is 76.4 Å². The Morgan fingerprint density at radius 3 is 2.74 bits per heavy atom. The maximum absolute atomic E-state index is 12.7. The van der Waals surface area contributed by atoms with Gasteiger partial charge in [0.25, 0.3) is 5.91 Å². The zero-order valence-electron chi connectivity index (χ0n) is 17.0. The largest absolute Gasteiger partial charge is 0.468 e. The number of aromatic amines is 1. The van der Waals surface area contributed by atoms with Crippen molar-refractivity contribution in [3.8, 4) is 0 Å². The normalized spacial score (nSPS) is 11.6. The number of furan rings is 1. The highest BCUT2D eigenvalue weighted by molar-refractivity contribution is 7.89. The molecule has 0 aliphatic heterocycles. The number of nitrogens with one attached hydrogen (secondary N) is 3. The number of carbonyl (C=O) groups excluding carboxylic acids is 1. The number of rotatable bonds is 8. The van der Waals surface area contributed by atoms with Crippen LogP contribution < -0.4 is 10.0 Å². The van der Waals surface area contributed by atoms with Crippen molar-refractivity contribution in [3.05, 3.63) is 89.5 Å². The van der Waals surface area contributed by atoms with E-state index in [2.05, 4.69) is 15.0 Å². The Morgan fingerprint density at radius 2 is 1.94 bits per heavy atom. The van der Waals surface area contributed by atoms with Gasteiger partial charge in [-0.2, -0.15) is 0 Å². The van der Waals surface area contributed by atoms with E-state index in [1.165, 1.54) is 18.4 Å². The first kappa shape index (κ1) is 20.9. The molecule has 0 unspecified atom stereocenters. The number of benzene rings is 2. The summed E-state index contributed by atoms with van der Waals surface area (Å²) >= 11 is 0. The molecule has 160 valence electrons. The Labute approximate surface area is 180 Å². The zero-order chi connectivity index (χ0) is 21.8. The van der Waals surface area contributed by atoms with Crippen molar-refractivity contribution >= 4 is 26.8 Å². The van der Waals surface area contributed by atoms with E-state index in [1.54, 1.807) is 25.1 Å². The third kappa shape index (κ3) is 4.70. The lowest BCUT2D eigenvalue weighted by Gasteiger charge is -2.11. The lowest BCUT2D eigenvalue weighted by atomic mass is 10.1. The molecule has 0 fully saturated rings. The third-order valence-electron chi connectivity index (χ3n) is 5.14. The Kier molecular flexibility index (Phi) is 5.92. The summed E-state index contributed by atoms with van der Waals surface area (Å²) in [6.07, 6.45) is 4.09. The molecule has 4 rings (SSSR count). The highest BCUT2D eigenvalue weighted by atomic mass is 32.2. The van der Waals surface area contributed by atoms with Gasteiger partial charge in [0.05, 0.1) is 17.7 Å². The minimum atomic E-state index is -3.78. The molecule has 4 aromatic rings. The third-order valence-corrected chi connectivity index (χ3v) is 6.53. The maximum Gasteiger partial charge on any atom is 0.251 e. The van der Waals surface area contributed by atoms with Crippen LogP contribution in [-0.2, 0) is 23.0 Å². The lowest BCUT2D eigenvalue weighted by Crippen LogP contribution is -2.27. The number of para-hydroxylation sites is 1. The van der Waals surface area contributed by atoms with Crippen LogP contribution >= 0.6 is 0 Å². The molecule has 0 bridgehead atoms.